The van der Waals surface area contributed by atoms with Crippen LogP contribution in [0.1, 0.15) is 65.7 Å². The largest absolute Gasteiger partial charge is 0.726 e. The number of carbonyl (C=O) groups is 1. The van der Waals surface area contributed by atoms with E-state index in [1.165, 1.54) is 19.3 Å². The lowest BCUT2D eigenvalue weighted by Crippen LogP contribution is -2.25. The highest BCUT2D eigenvalue weighted by Crippen LogP contribution is 2.05. The minimum absolute atomic E-state index is 0.00631. The number of nitrogens with zero attached hydrogens (tertiary/aromatic N) is 2. The van der Waals surface area contributed by atoms with Gasteiger partial charge in [-0.3, -0.25) is 4.18 Å². The molecule has 0 bridgehead atoms. The maximum Gasteiger partial charge on any atom is 0.348 e. The van der Waals surface area contributed by atoms with Gasteiger partial charge in [0.05, 0.1) is 19.8 Å². The second kappa shape index (κ2) is 14.6. The monoisotopic (exact) mass is 406 g/mol. The normalized spacial score (nSPS) is 12.2. The summed E-state index contributed by atoms with van der Waals surface area (Å²) in [5, 5.41) is 0. The van der Waals surface area contributed by atoms with E-state index < -0.39 is 10.4 Å². The zero-order valence-corrected chi connectivity index (χ0v) is 17.7. The Bertz CT molecular complexity index is 615. The molecule has 27 heavy (non-hydrogen) atoms. The molecule has 0 saturated carbocycles. The van der Waals surface area contributed by atoms with Gasteiger partial charge < -0.3 is 9.29 Å². The molecule has 0 aliphatic rings. The molecule has 1 unspecified atom stereocenters. The standard InChI is InChI=1S/C10H17N2O2.C8H18O4S/c1-4-9(2)14-10(13)7-12-6-5-11(3)8-12;1-2-3-4-5-6-7-8-12-13(9,10)11/h5-6,8-9H,4,7H2,1-3H3;2-8H2,1H3,(H,9,10,11)/q+1;/p-1. The average Bonchev–Trinajstić information content (AvgIpc) is 2.98. The Hall–Kier alpha value is -1.45. The Morgan fingerprint density at radius 2 is 1.81 bits per heavy atom. The van der Waals surface area contributed by atoms with Crippen LogP contribution in [-0.4, -0.2) is 36.2 Å². The Morgan fingerprint density at radius 3 is 2.33 bits per heavy atom. The van der Waals surface area contributed by atoms with E-state index in [1.807, 2.05) is 44.2 Å². The molecule has 0 aliphatic heterocycles. The van der Waals surface area contributed by atoms with Crippen LogP contribution < -0.4 is 4.57 Å². The maximum absolute atomic E-state index is 11.3. The summed E-state index contributed by atoms with van der Waals surface area (Å²) in [5.41, 5.74) is 0. The van der Waals surface area contributed by atoms with E-state index in [1.54, 1.807) is 4.57 Å². The van der Waals surface area contributed by atoms with Crippen molar-refractivity contribution in [2.75, 3.05) is 6.61 Å². The Labute approximate surface area is 163 Å². The van der Waals surface area contributed by atoms with Crippen LogP contribution in [0.2, 0.25) is 0 Å². The molecule has 158 valence electrons. The van der Waals surface area contributed by atoms with Crippen LogP contribution in [0.25, 0.3) is 0 Å². The molecular formula is C18H34N2O6S. The van der Waals surface area contributed by atoms with Gasteiger partial charge in [0.25, 0.3) is 0 Å². The second-order valence-corrected chi connectivity index (χ2v) is 7.51. The van der Waals surface area contributed by atoms with E-state index in [0.29, 0.717) is 6.42 Å². The summed E-state index contributed by atoms with van der Waals surface area (Å²) in [5.74, 6) is -0.185. The van der Waals surface area contributed by atoms with Crippen molar-refractivity contribution in [1.82, 2.24) is 4.57 Å². The predicted octanol–water partition coefficient (Wildman–Crippen LogP) is 2.48. The van der Waals surface area contributed by atoms with Gasteiger partial charge in [0.2, 0.25) is 16.7 Å². The van der Waals surface area contributed by atoms with Crippen LogP contribution >= 0.6 is 0 Å². The molecule has 8 nitrogen and oxygen atoms in total. The van der Waals surface area contributed by atoms with Gasteiger partial charge >= 0.3 is 5.97 Å². The van der Waals surface area contributed by atoms with Crippen molar-refractivity contribution in [3.05, 3.63) is 18.7 Å². The van der Waals surface area contributed by atoms with E-state index in [0.717, 1.165) is 19.3 Å². The number of aromatic nitrogens is 2. The lowest BCUT2D eigenvalue weighted by atomic mass is 10.1. The minimum atomic E-state index is -4.47. The van der Waals surface area contributed by atoms with E-state index in [-0.39, 0.29) is 25.2 Å². The number of esters is 1. The Morgan fingerprint density at radius 1 is 1.19 bits per heavy atom. The lowest BCUT2D eigenvalue weighted by molar-refractivity contribution is -0.671. The first-order chi connectivity index (χ1) is 12.7. The number of hydrogen-bond donors (Lipinski definition) is 0. The molecule has 0 spiro atoms. The van der Waals surface area contributed by atoms with Crippen LogP contribution in [-0.2, 0) is 37.7 Å². The molecule has 1 atom stereocenters. The van der Waals surface area contributed by atoms with Gasteiger partial charge in [0, 0.05) is 0 Å². The third-order valence-corrected chi connectivity index (χ3v) is 4.22. The van der Waals surface area contributed by atoms with Crippen molar-refractivity contribution in [3.8, 4) is 0 Å². The first-order valence-corrected chi connectivity index (χ1v) is 10.8. The third kappa shape index (κ3) is 16.4. The number of imidazole rings is 1. The number of unbranched alkanes of at least 4 members (excludes halogenated alkanes) is 5. The topological polar surface area (TPSA) is 102 Å². The molecule has 0 saturated heterocycles. The number of aryl methyl sites for hydroxylation is 1. The molecule has 0 N–H and O–H groups in total. The highest BCUT2D eigenvalue weighted by Gasteiger charge is 2.11. The summed E-state index contributed by atoms with van der Waals surface area (Å²) in [7, 11) is -2.56. The van der Waals surface area contributed by atoms with Crippen molar-refractivity contribution >= 4 is 16.4 Å². The molecule has 0 aliphatic carbocycles. The van der Waals surface area contributed by atoms with Crippen LogP contribution in [0.3, 0.4) is 0 Å². The second-order valence-electron chi connectivity index (χ2n) is 6.46. The van der Waals surface area contributed by atoms with Gasteiger partial charge in [-0.1, -0.05) is 46.0 Å². The molecule has 1 aromatic rings. The predicted molar refractivity (Wildman–Crippen MR) is 100 cm³/mol. The maximum atomic E-state index is 11.3. The van der Waals surface area contributed by atoms with Gasteiger partial charge in [0.1, 0.15) is 12.4 Å². The van der Waals surface area contributed by atoms with E-state index in [2.05, 4.69) is 11.1 Å². The van der Waals surface area contributed by atoms with Crippen LogP contribution in [0.4, 0.5) is 0 Å². The van der Waals surface area contributed by atoms with Gasteiger partial charge in [0.15, 0.2) is 6.54 Å². The molecule has 0 amide bonds. The van der Waals surface area contributed by atoms with Gasteiger partial charge in [-0.2, -0.15) is 0 Å². The molecular weight excluding hydrogens is 372 g/mol. The zero-order chi connectivity index (χ0) is 20.7. The number of rotatable bonds is 12. The van der Waals surface area contributed by atoms with Crippen molar-refractivity contribution in [3.63, 3.8) is 0 Å². The highest BCUT2D eigenvalue weighted by atomic mass is 32.3. The third-order valence-electron chi connectivity index (χ3n) is 3.77. The summed E-state index contributed by atoms with van der Waals surface area (Å²) in [6.45, 7) is 6.33. The summed E-state index contributed by atoms with van der Waals surface area (Å²) in [4.78, 5) is 11.3. The summed E-state index contributed by atoms with van der Waals surface area (Å²) in [6.07, 6.45) is 12.6. The van der Waals surface area contributed by atoms with Crippen molar-refractivity contribution in [1.29, 1.82) is 0 Å². The van der Waals surface area contributed by atoms with Crippen molar-refractivity contribution in [2.45, 2.75) is 78.4 Å². The zero-order valence-electron chi connectivity index (χ0n) is 16.9. The minimum Gasteiger partial charge on any atom is -0.726 e. The Kier molecular flexibility index (Phi) is 13.8. The van der Waals surface area contributed by atoms with Crippen LogP contribution in [0.5, 0.6) is 0 Å². The number of carbonyl (C=O) groups excluding carboxylic acids is 1. The van der Waals surface area contributed by atoms with Crippen molar-refractivity contribution < 1.29 is 31.3 Å². The van der Waals surface area contributed by atoms with E-state index in [9.17, 15) is 17.8 Å². The smallest absolute Gasteiger partial charge is 0.348 e. The first-order valence-electron chi connectivity index (χ1n) is 9.48. The van der Waals surface area contributed by atoms with Crippen LogP contribution in [0, 0.1) is 0 Å². The van der Waals surface area contributed by atoms with E-state index in [4.69, 9.17) is 4.74 Å². The fourth-order valence-corrected chi connectivity index (χ4v) is 2.45. The number of ether oxygens (including phenoxy) is 1. The molecule has 9 heteroatoms. The molecule has 1 aromatic heterocycles. The molecule has 0 radical (unpaired) electrons. The summed E-state index contributed by atoms with van der Waals surface area (Å²) < 4.78 is 42.8. The fraction of sp³-hybridized carbons (Fsp3) is 0.778. The SMILES string of the molecule is CCC(C)OC(=O)Cn1cc[n+](C)c1.CCCCCCCCOS(=O)(=O)[O-]. The molecule has 1 heterocycles. The fourth-order valence-electron chi connectivity index (χ4n) is 2.13. The quantitative estimate of drug-likeness (QED) is 0.174. The summed E-state index contributed by atoms with van der Waals surface area (Å²) >= 11 is 0. The van der Waals surface area contributed by atoms with Gasteiger partial charge in [-0.25, -0.2) is 22.3 Å². The van der Waals surface area contributed by atoms with Crippen molar-refractivity contribution in [2.24, 2.45) is 7.05 Å². The van der Waals surface area contributed by atoms with Gasteiger partial charge in [-0.15, -0.1) is 0 Å². The van der Waals surface area contributed by atoms with Gasteiger partial charge in [-0.05, 0) is 19.8 Å². The van der Waals surface area contributed by atoms with E-state index >= 15 is 0 Å². The summed E-state index contributed by atoms with van der Waals surface area (Å²) in [6, 6.07) is 0. The Balaban J connectivity index is 0.000000503. The average molecular weight is 407 g/mol. The molecule has 1 rings (SSSR count). The lowest BCUT2D eigenvalue weighted by Gasteiger charge is -2.08. The van der Waals surface area contributed by atoms with Crippen LogP contribution in [0.15, 0.2) is 18.7 Å². The molecule has 0 aromatic carbocycles. The molecule has 0 fully saturated rings. The first kappa shape index (κ1) is 25.6. The number of hydrogen-bond acceptors (Lipinski definition) is 6. The highest BCUT2D eigenvalue weighted by molar-refractivity contribution is 7.80.